The number of hydrogen-bond acceptors (Lipinski definition) is 2. The molecule has 1 N–H and O–H groups in total. The Morgan fingerprint density at radius 1 is 1.11 bits per heavy atom. The van der Waals surface area contributed by atoms with Gasteiger partial charge in [0.15, 0.2) is 0 Å². The lowest BCUT2D eigenvalue weighted by atomic mass is 10.1. The van der Waals surface area contributed by atoms with Gasteiger partial charge in [0, 0.05) is 22.5 Å². The van der Waals surface area contributed by atoms with Crippen LogP contribution in [0.4, 0.5) is 0 Å². The second-order valence-electron chi connectivity index (χ2n) is 4.48. The molecule has 0 unspecified atom stereocenters. The number of hydrogen-bond donors (Lipinski definition) is 1. The van der Waals surface area contributed by atoms with Crippen LogP contribution in [0.2, 0.25) is 5.02 Å². The molecule has 0 bridgehead atoms. The SMILES string of the molecule is CNCc1ccc(-c2cc3ccccc3o2)cc1Cl. The molecule has 2 aromatic carbocycles. The molecule has 0 aliphatic carbocycles. The maximum atomic E-state index is 6.28. The summed E-state index contributed by atoms with van der Waals surface area (Å²) in [7, 11) is 1.91. The van der Waals surface area contributed by atoms with E-state index in [9.17, 15) is 0 Å². The summed E-state index contributed by atoms with van der Waals surface area (Å²) in [5.74, 6) is 0.846. The van der Waals surface area contributed by atoms with Crippen LogP contribution in [0.15, 0.2) is 52.9 Å². The molecular weight excluding hydrogens is 258 g/mol. The molecule has 0 aliphatic rings. The maximum Gasteiger partial charge on any atom is 0.135 e. The van der Waals surface area contributed by atoms with Gasteiger partial charge in [-0.25, -0.2) is 0 Å². The molecule has 0 spiro atoms. The van der Waals surface area contributed by atoms with Crippen LogP contribution in [0.1, 0.15) is 5.56 Å². The third-order valence-electron chi connectivity index (χ3n) is 3.13. The minimum atomic E-state index is 0.757. The second-order valence-corrected chi connectivity index (χ2v) is 4.89. The highest BCUT2D eigenvalue weighted by Crippen LogP contribution is 2.30. The lowest BCUT2D eigenvalue weighted by molar-refractivity contribution is 0.631. The Kier molecular flexibility index (Phi) is 3.28. The molecule has 0 saturated carbocycles. The van der Waals surface area contributed by atoms with E-state index in [1.807, 2.05) is 55.6 Å². The molecule has 0 aliphatic heterocycles. The van der Waals surface area contributed by atoms with Crippen LogP contribution in [0, 0.1) is 0 Å². The first-order chi connectivity index (χ1) is 9.28. The molecule has 0 fully saturated rings. The lowest BCUT2D eigenvalue weighted by Gasteiger charge is -2.05. The standard InChI is InChI=1S/C16H14ClNO/c1-18-10-13-7-6-12(8-14(13)17)16-9-11-4-2-3-5-15(11)19-16/h2-9,18H,10H2,1H3. The van der Waals surface area contributed by atoms with Crippen molar-refractivity contribution in [3.05, 3.63) is 59.1 Å². The molecule has 2 nitrogen and oxygen atoms in total. The normalized spacial score (nSPS) is 11.1. The fourth-order valence-corrected chi connectivity index (χ4v) is 2.41. The van der Waals surface area contributed by atoms with Gasteiger partial charge in [-0.15, -0.1) is 0 Å². The molecule has 19 heavy (non-hydrogen) atoms. The van der Waals surface area contributed by atoms with Crippen LogP contribution in [0.3, 0.4) is 0 Å². The predicted octanol–water partition coefficient (Wildman–Crippen LogP) is 4.47. The van der Waals surface area contributed by atoms with Gasteiger partial charge < -0.3 is 9.73 Å². The number of benzene rings is 2. The second kappa shape index (κ2) is 5.08. The summed E-state index contributed by atoms with van der Waals surface area (Å²) in [5, 5.41) is 4.96. The van der Waals surface area contributed by atoms with Crippen LogP contribution in [0.5, 0.6) is 0 Å². The largest absolute Gasteiger partial charge is 0.456 e. The van der Waals surface area contributed by atoms with Crippen molar-refractivity contribution in [3.63, 3.8) is 0 Å². The fourth-order valence-electron chi connectivity index (χ4n) is 2.16. The van der Waals surface area contributed by atoms with E-state index in [1.165, 1.54) is 0 Å². The van der Waals surface area contributed by atoms with Crippen molar-refractivity contribution >= 4 is 22.6 Å². The van der Waals surface area contributed by atoms with Gasteiger partial charge >= 0.3 is 0 Å². The van der Waals surface area contributed by atoms with Crippen LogP contribution in [0.25, 0.3) is 22.3 Å². The van der Waals surface area contributed by atoms with Crippen molar-refractivity contribution in [3.8, 4) is 11.3 Å². The van der Waals surface area contributed by atoms with Crippen LogP contribution < -0.4 is 5.32 Å². The van der Waals surface area contributed by atoms with Crippen LogP contribution in [-0.2, 0) is 6.54 Å². The van der Waals surface area contributed by atoms with E-state index in [0.717, 1.165) is 39.4 Å². The van der Waals surface area contributed by atoms with E-state index >= 15 is 0 Å². The van der Waals surface area contributed by atoms with Crippen LogP contribution >= 0.6 is 11.6 Å². The topological polar surface area (TPSA) is 25.2 Å². The average molecular weight is 272 g/mol. The number of furan rings is 1. The molecule has 1 aromatic heterocycles. The van der Waals surface area contributed by atoms with Gasteiger partial charge in [0.1, 0.15) is 11.3 Å². The first-order valence-electron chi connectivity index (χ1n) is 6.20. The smallest absolute Gasteiger partial charge is 0.135 e. The van der Waals surface area contributed by atoms with E-state index in [0.29, 0.717) is 0 Å². The summed E-state index contributed by atoms with van der Waals surface area (Å²) < 4.78 is 5.83. The summed E-state index contributed by atoms with van der Waals surface area (Å²) in [6.07, 6.45) is 0. The molecule has 0 radical (unpaired) electrons. The zero-order chi connectivity index (χ0) is 13.2. The van der Waals surface area contributed by atoms with E-state index in [4.69, 9.17) is 16.0 Å². The van der Waals surface area contributed by atoms with Crippen molar-refractivity contribution in [2.75, 3.05) is 7.05 Å². The van der Waals surface area contributed by atoms with Gasteiger partial charge in [-0.3, -0.25) is 0 Å². The Bertz CT molecular complexity index is 685. The van der Waals surface area contributed by atoms with E-state index in [-0.39, 0.29) is 0 Å². The Balaban J connectivity index is 2.03. The molecule has 0 saturated heterocycles. The zero-order valence-corrected chi connectivity index (χ0v) is 11.4. The van der Waals surface area contributed by atoms with Gasteiger partial charge in [0.05, 0.1) is 0 Å². The van der Waals surface area contributed by atoms with Gasteiger partial charge in [-0.2, -0.15) is 0 Å². The Morgan fingerprint density at radius 3 is 2.68 bits per heavy atom. The number of fused-ring (bicyclic) bond motifs is 1. The van der Waals surface area contributed by atoms with Gasteiger partial charge in [-0.1, -0.05) is 41.9 Å². The summed E-state index contributed by atoms with van der Waals surface area (Å²) in [6, 6.07) is 16.0. The quantitative estimate of drug-likeness (QED) is 0.760. The molecule has 0 atom stereocenters. The first kappa shape index (κ1) is 12.3. The van der Waals surface area contributed by atoms with Crippen molar-refractivity contribution < 1.29 is 4.42 Å². The highest BCUT2D eigenvalue weighted by atomic mass is 35.5. The summed E-state index contributed by atoms with van der Waals surface area (Å²) >= 11 is 6.28. The highest BCUT2D eigenvalue weighted by Gasteiger charge is 2.08. The average Bonchev–Trinajstić information content (AvgIpc) is 2.85. The van der Waals surface area contributed by atoms with Gasteiger partial charge in [0.2, 0.25) is 0 Å². The third kappa shape index (κ3) is 2.37. The summed E-state index contributed by atoms with van der Waals surface area (Å²) in [5.41, 5.74) is 2.98. The first-order valence-corrected chi connectivity index (χ1v) is 6.58. The summed E-state index contributed by atoms with van der Waals surface area (Å²) in [6.45, 7) is 0.763. The number of nitrogens with one attached hydrogen (secondary N) is 1. The highest BCUT2D eigenvalue weighted by molar-refractivity contribution is 6.31. The molecule has 0 amide bonds. The number of rotatable bonds is 3. The minimum Gasteiger partial charge on any atom is -0.456 e. The molecule has 96 valence electrons. The number of halogens is 1. The van der Waals surface area contributed by atoms with Gasteiger partial charge in [-0.05, 0) is 30.8 Å². The summed E-state index contributed by atoms with van der Waals surface area (Å²) in [4.78, 5) is 0. The van der Waals surface area contributed by atoms with E-state index < -0.39 is 0 Å². The van der Waals surface area contributed by atoms with Crippen molar-refractivity contribution in [1.82, 2.24) is 5.32 Å². The van der Waals surface area contributed by atoms with E-state index in [1.54, 1.807) is 0 Å². The monoisotopic (exact) mass is 271 g/mol. The molecule has 3 rings (SSSR count). The molecule has 1 heterocycles. The van der Waals surface area contributed by atoms with Gasteiger partial charge in [0.25, 0.3) is 0 Å². The maximum absolute atomic E-state index is 6.28. The third-order valence-corrected chi connectivity index (χ3v) is 3.48. The Labute approximate surface area is 117 Å². The molecule has 3 heteroatoms. The van der Waals surface area contributed by atoms with E-state index in [2.05, 4.69) is 5.32 Å². The zero-order valence-electron chi connectivity index (χ0n) is 10.6. The van der Waals surface area contributed by atoms with Crippen molar-refractivity contribution in [2.24, 2.45) is 0 Å². The molecular formula is C16H14ClNO. The minimum absolute atomic E-state index is 0.757. The Morgan fingerprint density at radius 2 is 1.95 bits per heavy atom. The van der Waals surface area contributed by atoms with Crippen molar-refractivity contribution in [2.45, 2.75) is 6.54 Å². The predicted molar refractivity (Wildman–Crippen MR) is 79.4 cm³/mol. The van der Waals surface area contributed by atoms with Crippen molar-refractivity contribution in [1.29, 1.82) is 0 Å². The van der Waals surface area contributed by atoms with Crippen LogP contribution in [-0.4, -0.2) is 7.05 Å². The molecule has 3 aromatic rings. The lowest BCUT2D eigenvalue weighted by Crippen LogP contribution is -2.05. The number of para-hydroxylation sites is 1. The Hall–Kier alpha value is -1.77. The fraction of sp³-hybridized carbons (Fsp3) is 0.125.